The van der Waals surface area contributed by atoms with E-state index in [2.05, 4.69) is 12.2 Å². The van der Waals surface area contributed by atoms with Crippen molar-refractivity contribution in [2.75, 3.05) is 13.2 Å². The highest BCUT2D eigenvalue weighted by Crippen LogP contribution is 2.27. The fourth-order valence-corrected chi connectivity index (χ4v) is 2.29. The number of amides is 1. The summed E-state index contributed by atoms with van der Waals surface area (Å²) in [5.74, 6) is 0.498. The number of carbonyl (C=O) groups excluding carboxylic acids is 2. The fraction of sp³-hybridized carbons (Fsp3) is 0.867. The molecule has 0 aromatic carbocycles. The third-order valence-electron chi connectivity index (χ3n) is 3.50. The van der Waals surface area contributed by atoms with Gasteiger partial charge in [-0.3, -0.25) is 4.79 Å². The zero-order chi connectivity index (χ0) is 14.8. The van der Waals surface area contributed by atoms with Crippen molar-refractivity contribution < 1.29 is 19.1 Å². The Bertz CT molecular complexity index is 306. The van der Waals surface area contributed by atoms with Gasteiger partial charge in [0.2, 0.25) is 0 Å². The van der Waals surface area contributed by atoms with Crippen LogP contribution in [0.1, 0.15) is 58.8 Å². The molecule has 1 fully saturated rings. The molecule has 0 bridgehead atoms. The van der Waals surface area contributed by atoms with Crippen LogP contribution in [0.2, 0.25) is 0 Å². The van der Waals surface area contributed by atoms with E-state index in [-0.39, 0.29) is 12.1 Å². The summed E-state index contributed by atoms with van der Waals surface area (Å²) >= 11 is 0. The number of esters is 1. The van der Waals surface area contributed by atoms with Crippen LogP contribution in [-0.4, -0.2) is 31.3 Å². The zero-order valence-electron chi connectivity index (χ0n) is 12.7. The third-order valence-corrected chi connectivity index (χ3v) is 3.50. The summed E-state index contributed by atoms with van der Waals surface area (Å²) in [5.41, 5.74) is 0. The largest absolute Gasteiger partial charge is 0.462 e. The highest BCUT2D eigenvalue weighted by atomic mass is 16.5. The van der Waals surface area contributed by atoms with Crippen molar-refractivity contribution in [2.45, 2.75) is 64.9 Å². The third kappa shape index (κ3) is 7.36. The van der Waals surface area contributed by atoms with Gasteiger partial charge in [0.15, 0.2) is 0 Å². The van der Waals surface area contributed by atoms with Gasteiger partial charge in [0.05, 0.1) is 6.61 Å². The predicted molar refractivity (Wildman–Crippen MR) is 76.4 cm³/mol. The Morgan fingerprint density at radius 1 is 1.25 bits per heavy atom. The lowest BCUT2D eigenvalue weighted by Gasteiger charge is -2.11. The van der Waals surface area contributed by atoms with Gasteiger partial charge in [-0.25, -0.2) is 4.79 Å². The molecule has 2 atom stereocenters. The number of ether oxygens (including phenoxy) is 2. The van der Waals surface area contributed by atoms with Crippen LogP contribution in [0.4, 0.5) is 4.79 Å². The minimum atomic E-state index is -0.406. The number of hydrogen-bond donors (Lipinski definition) is 1. The van der Waals surface area contributed by atoms with Gasteiger partial charge in [0, 0.05) is 13.0 Å². The second-order valence-corrected chi connectivity index (χ2v) is 5.55. The van der Waals surface area contributed by atoms with Crippen molar-refractivity contribution in [1.82, 2.24) is 5.32 Å². The number of rotatable bonds is 8. The van der Waals surface area contributed by atoms with Gasteiger partial charge >= 0.3 is 12.1 Å². The smallest absolute Gasteiger partial charge is 0.407 e. The molecular weight excluding hydrogens is 258 g/mol. The molecular formula is C15H27NO4. The van der Waals surface area contributed by atoms with E-state index in [1.165, 1.54) is 0 Å². The molecule has 1 rings (SSSR count). The first-order chi connectivity index (χ1) is 9.61. The standard InChI is InChI=1S/C15H27NO4/c1-3-4-10-19-15(18)16-9-5-6-14(17)20-13-8-7-12(2)11-13/h12-13H,3-11H2,1-2H3,(H,16,18). The molecule has 1 saturated carbocycles. The normalized spacial score (nSPS) is 21.5. The number of nitrogens with one attached hydrogen (secondary N) is 1. The van der Waals surface area contributed by atoms with Crippen molar-refractivity contribution in [3.63, 3.8) is 0 Å². The van der Waals surface area contributed by atoms with Crippen LogP contribution in [0.5, 0.6) is 0 Å². The van der Waals surface area contributed by atoms with E-state index >= 15 is 0 Å². The first kappa shape index (κ1) is 16.8. The van der Waals surface area contributed by atoms with Crippen LogP contribution >= 0.6 is 0 Å². The summed E-state index contributed by atoms with van der Waals surface area (Å²) in [6.45, 7) is 5.12. The van der Waals surface area contributed by atoms with Crippen molar-refractivity contribution >= 4 is 12.1 Å². The number of hydrogen-bond acceptors (Lipinski definition) is 4. The average Bonchev–Trinajstić information content (AvgIpc) is 2.80. The van der Waals surface area contributed by atoms with E-state index in [1.807, 2.05) is 6.92 Å². The Balaban J connectivity index is 1.97. The Morgan fingerprint density at radius 2 is 2.05 bits per heavy atom. The lowest BCUT2D eigenvalue weighted by molar-refractivity contribution is -0.148. The molecule has 5 heteroatoms. The van der Waals surface area contributed by atoms with Crippen LogP contribution in [0, 0.1) is 5.92 Å². The number of carbonyl (C=O) groups is 2. The van der Waals surface area contributed by atoms with Crippen LogP contribution in [0.3, 0.4) is 0 Å². The topological polar surface area (TPSA) is 64.6 Å². The molecule has 0 saturated heterocycles. The molecule has 0 spiro atoms. The monoisotopic (exact) mass is 285 g/mol. The second kappa shape index (κ2) is 9.61. The van der Waals surface area contributed by atoms with E-state index in [4.69, 9.17) is 9.47 Å². The fourth-order valence-electron chi connectivity index (χ4n) is 2.29. The minimum Gasteiger partial charge on any atom is -0.462 e. The molecule has 116 valence electrons. The minimum absolute atomic E-state index is 0.101. The highest BCUT2D eigenvalue weighted by molar-refractivity contribution is 5.70. The SMILES string of the molecule is CCCCOC(=O)NCCCC(=O)OC1CCC(C)C1. The Labute approximate surface area is 121 Å². The zero-order valence-corrected chi connectivity index (χ0v) is 12.7. The van der Waals surface area contributed by atoms with E-state index in [9.17, 15) is 9.59 Å². The first-order valence-electron chi connectivity index (χ1n) is 7.72. The summed E-state index contributed by atoms with van der Waals surface area (Å²) < 4.78 is 10.3. The van der Waals surface area contributed by atoms with E-state index in [0.29, 0.717) is 31.9 Å². The molecule has 1 amide bonds. The van der Waals surface area contributed by atoms with Crippen LogP contribution in [0.15, 0.2) is 0 Å². The van der Waals surface area contributed by atoms with Gasteiger partial charge in [-0.2, -0.15) is 0 Å². The van der Waals surface area contributed by atoms with E-state index in [1.54, 1.807) is 0 Å². The lowest BCUT2D eigenvalue weighted by Crippen LogP contribution is -2.26. The molecule has 5 nitrogen and oxygen atoms in total. The van der Waals surface area contributed by atoms with Crippen molar-refractivity contribution in [2.24, 2.45) is 5.92 Å². The van der Waals surface area contributed by atoms with Crippen LogP contribution < -0.4 is 5.32 Å². The summed E-state index contributed by atoms with van der Waals surface area (Å²) in [4.78, 5) is 22.8. The van der Waals surface area contributed by atoms with Crippen molar-refractivity contribution in [3.8, 4) is 0 Å². The summed E-state index contributed by atoms with van der Waals surface area (Å²) in [5, 5.41) is 2.63. The maximum Gasteiger partial charge on any atom is 0.407 e. The average molecular weight is 285 g/mol. The van der Waals surface area contributed by atoms with Crippen molar-refractivity contribution in [1.29, 1.82) is 0 Å². The lowest BCUT2D eigenvalue weighted by atomic mass is 10.1. The van der Waals surface area contributed by atoms with Gasteiger partial charge in [-0.1, -0.05) is 20.3 Å². The Kier molecular flexibility index (Phi) is 8.07. The van der Waals surface area contributed by atoms with Gasteiger partial charge in [0.1, 0.15) is 6.10 Å². The molecule has 1 N–H and O–H groups in total. The summed E-state index contributed by atoms with van der Waals surface area (Å²) in [7, 11) is 0. The van der Waals surface area contributed by atoms with Gasteiger partial charge in [0.25, 0.3) is 0 Å². The Morgan fingerprint density at radius 3 is 2.70 bits per heavy atom. The maximum atomic E-state index is 11.6. The first-order valence-corrected chi connectivity index (χ1v) is 7.72. The van der Waals surface area contributed by atoms with Crippen molar-refractivity contribution in [3.05, 3.63) is 0 Å². The quantitative estimate of drug-likeness (QED) is 0.550. The molecule has 1 aliphatic rings. The molecule has 0 aliphatic heterocycles. The van der Waals surface area contributed by atoms with Gasteiger partial charge in [-0.05, 0) is 38.0 Å². The van der Waals surface area contributed by atoms with Crippen LogP contribution in [-0.2, 0) is 14.3 Å². The maximum absolute atomic E-state index is 11.6. The summed E-state index contributed by atoms with van der Waals surface area (Å²) in [6.07, 6.45) is 5.61. The van der Waals surface area contributed by atoms with Gasteiger partial charge in [-0.15, -0.1) is 0 Å². The Hall–Kier alpha value is -1.26. The number of unbranched alkanes of at least 4 members (excludes halogenated alkanes) is 1. The van der Waals surface area contributed by atoms with Gasteiger partial charge < -0.3 is 14.8 Å². The molecule has 0 radical (unpaired) electrons. The highest BCUT2D eigenvalue weighted by Gasteiger charge is 2.24. The molecule has 20 heavy (non-hydrogen) atoms. The number of alkyl carbamates (subject to hydrolysis) is 1. The predicted octanol–water partition coefficient (Wildman–Crippen LogP) is 3.02. The van der Waals surface area contributed by atoms with E-state index in [0.717, 1.165) is 32.1 Å². The van der Waals surface area contributed by atoms with E-state index < -0.39 is 6.09 Å². The molecule has 0 aromatic rings. The molecule has 2 unspecified atom stereocenters. The second-order valence-electron chi connectivity index (χ2n) is 5.55. The molecule has 0 aromatic heterocycles. The summed E-state index contributed by atoms with van der Waals surface area (Å²) in [6, 6.07) is 0. The molecule has 0 heterocycles. The molecule has 1 aliphatic carbocycles. The van der Waals surface area contributed by atoms with Crippen LogP contribution in [0.25, 0.3) is 0 Å².